The molecule has 0 radical (unpaired) electrons. The van der Waals surface area contributed by atoms with Crippen LogP contribution in [0, 0.1) is 17.3 Å². The van der Waals surface area contributed by atoms with Crippen LogP contribution in [0.2, 0.25) is 0 Å². The lowest BCUT2D eigenvalue weighted by Gasteiger charge is -2.25. The third-order valence-corrected chi connectivity index (χ3v) is 7.00. The van der Waals surface area contributed by atoms with E-state index in [9.17, 15) is 19.2 Å². The van der Waals surface area contributed by atoms with Crippen molar-refractivity contribution in [2.75, 3.05) is 33.0 Å². The first-order valence-corrected chi connectivity index (χ1v) is 14.8. The van der Waals surface area contributed by atoms with Crippen LogP contribution in [0.4, 0.5) is 0 Å². The third-order valence-electron chi connectivity index (χ3n) is 7.00. The Kier molecular flexibility index (Phi) is 20.7. The molecule has 0 spiro atoms. The van der Waals surface area contributed by atoms with Crippen LogP contribution in [0.25, 0.3) is 0 Å². The van der Waals surface area contributed by atoms with Crippen LogP contribution in [0.15, 0.2) is 0 Å². The Morgan fingerprint density at radius 2 is 1.51 bits per heavy atom. The highest BCUT2D eigenvalue weighted by Crippen LogP contribution is 2.28. The summed E-state index contributed by atoms with van der Waals surface area (Å²) in [5.74, 6) is -1.26. The van der Waals surface area contributed by atoms with Crippen molar-refractivity contribution in [3.8, 4) is 0 Å². The van der Waals surface area contributed by atoms with Gasteiger partial charge in [0.15, 0.2) is 11.9 Å². The van der Waals surface area contributed by atoms with Crippen molar-refractivity contribution >= 4 is 23.7 Å². The minimum Gasteiger partial charge on any atom is -0.465 e. The Hall–Kier alpha value is -2.00. The molecule has 0 aliphatic rings. The molecule has 0 aromatic heterocycles. The van der Waals surface area contributed by atoms with Crippen molar-refractivity contribution in [3.63, 3.8) is 0 Å². The van der Waals surface area contributed by atoms with E-state index in [-0.39, 0.29) is 44.1 Å². The predicted octanol–water partition coefficient (Wildman–Crippen LogP) is 5.19. The molecule has 0 aliphatic heterocycles. The highest BCUT2D eigenvalue weighted by Gasteiger charge is 2.32. The first-order valence-electron chi connectivity index (χ1n) is 14.8. The highest BCUT2D eigenvalue weighted by molar-refractivity contribution is 5.80. The molecule has 0 aromatic carbocycles. The molecule has 0 heterocycles. The van der Waals surface area contributed by atoms with Crippen LogP contribution in [-0.4, -0.2) is 67.9 Å². The summed E-state index contributed by atoms with van der Waals surface area (Å²) in [6.07, 6.45) is 7.44. The first kappa shape index (κ1) is 37.0. The summed E-state index contributed by atoms with van der Waals surface area (Å²) in [6.45, 7) is 11.4. The molecular weight excluding hydrogens is 504 g/mol. The molecule has 0 saturated carbocycles. The molecule has 1 N–H and O–H groups in total. The minimum absolute atomic E-state index is 0.0973. The number of esters is 3. The molecule has 39 heavy (non-hydrogen) atoms. The summed E-state index contributed by atoms with van der Waals surface area (Å²) in [6, 6.07) is 0. The van der Waals surface area contributed by atoms with Crippen molar-refractivity contribution in [2.45, 2.75) is 118 Å². The van der Waals surface area contributed by atoms with Crippen LogP contribution in [-0.2, 0) is 38.1 Å². The number of Topliss-reactive ketones (excluding diaryl/α,β-unsaturated/α-hetero) is 1. The lowest BCUT2D eigenvalue weighted by Crippen LogP contribution is -2.31. The van der Waals surface area contributed by atoms with Gasteiger partial charge in [0.25, 0.3) is 0 Å². The topological polar surface area (TPSA) is 125 Å². The number of carbonyl (C=O) groups excluding carboxylic acids is 4. The van der Waals surface area contributed by atoms with Gasteiger partial charge in [0.2, 0.25) is 0 Å². The second-order valence-electron chi connectivity index (χ2n) is 10.9. The highest BCUT2D eigenvalue weighted by atomic mass is 16.6. The number of ketones is 1. The number of ether oxygens (including phenoxy) is 4. The fourth-order valence-electron chi connectivity index (χ4n) is 3.90. The smallest absolute Gasteiger partial charge is 0.335 e. The lowest BCUT2D eigenvalue weighted by atomic mass is 9.84. The molecule has 0 saturated heterocycles. The number of aliphatic hydroxyl groups excluding tert-OH is 1. The second kappa shape index (κ2) is 21.8. The molecule has 0 rings (SSSR count). The maximum absolute atomic E-state index is 12.6. The Bertz CT molecular complexity index is 705. The van der Waals surface area contributed by atoms with E-state index in [1.807, 2.05) is 6.92 Å². The van der Waals surface area contributed by atoms with Crippen LogP contribution in [0.1, 0.15) is 112 Å². The maximum atomic E-state index is 12.6. The normalized spacial score (nSPS) is 13.8. The van der Waals surface area contributed by atoms with Crippen LogP contribution in [0.5, 0.6) is 0 Å². The summed E-state index contributed by atoms with van der Waals surface area (Å²) in [5.41, 5.74) is -0.807. The number of hydrogen-bond donors (Lipinski definition) is 1. The van der Waals surface area contributed by atoms with Gasteiger partial charge < -0.3 is 24.1 Å². The van der Waals surface area contributed by atoms with Gasteiger partial charge in [0.1, 0.15) is 19.8 Å². The standard InChI is InChI=1S/C30H54O9/c1-7-10-14-24(8-2)21-39-28(34)25(9-3)16-17-30(5,6)29(35)37-20-19-36-27(33)23(4)38-22-26(32)15-12-11-13-18-31/h23-25,31H,7-22H2,1-6H3. The Morgan fingerprint density at radius 3 is 2.13 bits per heavy atom. The quantitative estimate of drug-likeness (QED) is 0.0967. The van der Waals surface area contributed by atoms with Gasteiger partial charge in [0, 0.05) is 13.0 Å². The molecule has 9 nitrogen and oxygen atoms in total. The molecule has 0 aliphatic carbocycles. The van der Waals surface area contributed by atoms with Gasteiger partial charge in [-0.25, -0.2) is 4.79 Å². The summed E-state index contributed by atoms with van der Waals surface area (Å²) >= 11 is 0. The number of aliphatic hydroxyl groups is 1. The number of rotatable bonds is 24. The van der Waals surface area contributed by atoms with Gasteiger partial charge in [-0.1, -0.05) is 46.5 Å². The lowest BCUT2D eigenvalue weighted by molar-refractivity contribution is -0.164. The Balaban J connectivity index is 4.33. The molecule has 0 aromatic rings. The monoisotopic (exact) mass is 558 g/mol. The third kappa shape index (κ3) is 17.3. The minimum atomic E-state index is -0.913. The Labute approximate surface area is 235 Å². The SMILES string of the molecule is CCCCC(CC)COC(=O)C(CC)CCC(C)(C)C(=O)OCCOC(=O)C(C)OCC(=O)CCCCCO. The van der Waals surface area contributed by atoms with Gasteiger partial charge in [-0.15, -0.1) is 0 Å². The van der Waals surface area contributed by atoms with Crippen molar-refractivity contribution in [3.05, 3.63) is 0 Å². The van der Waals surface area contributed by atoms with Gasteiger partial charge in [-0.05, 0) is 65.2 Å². The van der Waals surface area contributed by atoms with Crippen LogP contribution >= 0.6 is 0 Å². The predicted molar refractivity (Wildman–Crippen MR) is 149 cm³/mol. The zero-order valence-electron chi connectivity index (χ0n) is 25.3. The van der Waals surface area contributed by atoms with Crippen LogP contribution in [0.3, 0.4) is 0 Å². The van der Waals surface area contributed by atoms with E-state index in [0.717, 1.165) is 32.1 Å². The summed E-state index contributed by atoms with van der Waals surface area (Å²) in [7, 11) is 0. The molecule has 0 bridgehead atoms. The van der Waals surface area contributed by atoms with Crippen molar-refractivity contribution in [1.29, 1.82) is 0 Å². The molecule has 3 atom stereocenters. The van der Waals surface area contributed by atoms with E-state index in [0.29, 0.717) is 51.0 Å². The van der Waals surface area contributed by atoms with E-state index in [2.05, 4.69) is 13.8 Å². The molecule has 0 amide bonds. The average molecular weight is 559 g/mol. The largest absolute Gasteiger partial charge is 0.465 e. The number of carbonyl (C=O) groups is 4. The molecule has 0 fully saturated rings. The van der Waals surface area contributed by atoms with E-state index in [1.54, 1.807) is 13.8 Å². The van der Waals surface area contributed by atoms with E-state index < -0.39 is 23.5 Å². The average Bonchev–Trinajstić information content (AvgIpc) is 2.92. The van der Waals surface area contributed by atoms with E-state index in [1.165, 1.54) is 6.92 Å². The van der Waals surface area contributed by atoms with Gasteiger partial charge >= 0.3 is 17.9 Å². The molecule has 9 heteroatoms. The summed E-state index contributed by atoms with van der Waals surface area (Å²) in [4.78, 5) is 49.1. The fourth-order valence-corrected chi connectivity index (χ4v) is 3.90. The van der Waals surface area contributed by atoms with Crippen LogP contribution < -0.4 is 0 Å². The second-order valence-corrected chi connectivity index (χ2v) is 10.9. The van der Waals surface area contributed by atoms with E-state index in [4.69, 9.17) is 24.1 Å². The Morgan fingerprint density at radius 1 is 0.821 bits per heavy atom. The van der Waals surface area contributed by atoms with Crippen molar-refractivity contribution in [1.82, 2.24) is 0 Å². The molecule has 228 valence electrons. The first-order chi connectivity index (χ1) is 18.5. The number of hydrogen-bond acceptors (Lipinski definition) is 9. The summed E-state index contributed by atoms with van der Waals surface area (Å²) in [5, 5.41) is 8.75. The van der Waals surface area contributed by atoms with Gasteiger partial charge in [0.05, 0.1) is 17.9 Å². The van der Waals surface area contributed by atoms with Crippen molar-refractivity contribution in [2.24, 2.45) is 17.3 Å². The zero-order chi connectivity index (χ0) is 29.7. The molecule has 3 unspecified atom stereocenters. The zero-order valence-corrected chi connectivity index (χ0v) is 25.3. The van der Waals surface area contributed by atoms with Gasteiger partial charge in [-0.3, -0.25) is 14.4 Å². The molecular formula is C30H54O9. The van der Waals surface area contributed by atoms with E-state index >= 15 is 0 Å². The van der Waals surface area contributed by atoms with Crippen molar-refractivity contribution < 1.29 is 43.2 Å². The maximum Gasteiger partial charge on any atom is 0.335 e. The number of unbranched alkanes of at least 4 members (excludes halogenated alkanes) is 3. The fraction of sp³-hybridized carbons (Fsp3) is 0.867. The van der Waals surface area contributed by atoms with Gasteiger partial charge in [-0.2, -0.15) is 0 Å². The summed E-state index contributed by atoms with van der Waals surface area (Å²) < 4.78 is 21.3.